The van der Waals surface area contributed by atoms with Gasteiger partial charge in [-0.05, 0) is 61.2 Å². The lowest BCUT2D eigenvalue weighted by molar-refractivity contribution is -0.00866. The molecule has 0 aromatic heterocycles. The van der Waals surface area contributed by atoms with Crippen molar-refractivity contribution in [3.8, 4) is 5.75 Å². The summed E-state index contributed by atoms with van der Waals surface area (Å²) in [6.07, 6.45) is 4.00. The van der Waals surface area contributed by atoms with E-state index in [1.54, 1.807) is 24.3 Å². The number of anilines is 1. The van der Waals surface area contributed by atoms with E-state index in [1.807, 2.05) is 12.1 Å². The normalized spacial score (nSPS) is 14.4. The van der Waals surface area contributed by atoms with Gasteiger partial charge in [0.15, 0.2) is 0 Å². The third-order valence-electron chi connectivity index (χ3n) is 3.88. The van der Waals surface area contributed by atoms with E-state index in [-0.39, 0.29) is 11.7 Å². The first-order valence-electron chi connectivity index (χ1n) is 7.51. The predicted octanol–water partition coefficient (Wildman–Crippen LogP) is 3.71. The molecular weight excluding hydrogens is 278 g/mol. The maximum absolute atomic E-state index is 12.1. The molecule has 2 aromatic rings. The van der Waals surface area contributed by atoms with E-state index in [0.29, 0.717) is 24.0 Å². The van der Waals surface area contributed by atoms with Crippen molar-refractivity contribution < 1.29 is 14.6 Å². The molecule has 4 nitrogen and oxygen atoms in total. The minimum atomic E-state index is -0.169. The Morgan fingerprint density at radius 2 is 1.77 bits per heavy atom. The monoisotopic (exact) mass is 297 g/mol. The SMILES string of the molecule is O=C(Nc1ccc(O)cc1)c1ccc(COC2CCC2)cc1. The molecule has 0 bridgehead atoms. The fourth-order valence-electron chi connectivity index (χ4n) is 2.25. The number of nitrogens with one attached hydrogen (secondary N) is 1. The maximum atomic E-state index is 12.1. The van der Waals surface area contributed by atoms with Gasteiger partial charge in [0, 0.05) is 11.3 Å². The number of phenolic OH excluding ortho intramolecular Hbond substituents is 1. The molecule has 2 aromatic carbocycles. The molecule has 0 aliphatic heterocycles. The van der Waals surface area contributed by atoms with Crippen LogP contribution in [0.15, 0.2) is 48.5 Å². The summed E-state index contributed by atoms with van der Waals surface area (Å²) in [5.41, 5.74) is 2.33. The van der Waals surface area contributed by atoms with Gasteiger partial charge in [-0.1, -0.05) is 12.1 Å². The Hall–Kier alpha value is -2.33. The van der Waals surface area contributed by atoms with Crippen LogP contribution in [0.5, 0.6) is 5.75 Å². The van der Waals surface area contributed by atoms with Crippen LogP contribution in [0, 0.1) is 0 Å². The lowest BCUT2D eigenvalue weighted by Crippen LogP contribution is -2.21. The first-order valence-corrected chi connectivity index (χ1v) is 7.51. The van der Waals surface area contributed by atoms with Gasteiger partial charge in [0.1, 0.15) is 5.75 Å². The third kappa shape index (κ3) is 3.65. The zero-order valence-electron chi connectivity index (χ0n) is 12.3. The summed E-state index contributed by atoms with van der Waals surface area (Å²) >= 11 is 0. The molecule has 0 unspecified atom stereocenters. The number of hydrogen-bond donors (Lipinski definition) is 2. The van der Waals surface area contributed by atoms with E-state index < -0.39 is 0 Å². The summed E-state index contributed by atoms with van der Waals surface area (Å²) in [7, 11) is 0. The van der Waals surface area contributed by atoms with Gasteiger partial charge >= 0.3 is 0 Å². The lowest BCUT2D eigenvalue weighted by Gasteiger charge is -2.25. The Bertz CT molecular complexity index is 630. The van der Waals surface area contributed by atoms with Gasteiger partial charge in [0.2, 0.25) is 0 Å². The molecule has 1 saturated carbocycles. The van der Waals surface area contributed by atoms with E-state index >= 15 is 0 Å². The van der Waals surface area contributed by atoms with Crippen LogP contribution in [0.2, 0.25) is 0 Å². The van der Waals surface area contributed by atoms with Crippen LogP contribution in [0.1, 0.15) is 35.2 Å². The first-order chi connectivity index (χ1) is 10.7. The molecule has 4 heteroatoms. The molecule has 0 saturated heterocycles. The Morgan fingerprint density at radius 1 is 1.09 bits per heavy atom. The van der Waals surface area contributed by atoms with Gasteiger partial charge in [-0.2, -0.15) is 0 Å². The highest BCUT2D eigenvalue weighted by atomic mass is 16.5. The van der Waals surface area contributed by atoms with Crippen molar-refractivity contribution in [1.82, 2.24) is 0 Å². The molecule has 0 heterocycles. The molecule has 1 aliphatic carbocycles. The number of ether oxygens (including phenoxy) is 1. The van der Waals surface area contributed by atoms with Gasteiger partial charge in [0.05, 0.1) is 12.7 Å². The zero-order chi connectivity index (χ0) is 15.4. The highest BCUT2D eigenvalue weighted by Crippen LogP contribution is 2.23. The van der Waals surface area contributed by atoms with Crippen molar-refractivity contribution in [2.24, 2.45) is 0 Å². The largest absolute Gasteiger partial charge is 0.508 e. The number of carbonyl (C=O) groups is 1. The number of benzene rings is 2. The second-order valence-corrected chi connectivity index (χ2v) is 5.56. The molecule has 2 N–H and O–H groups in total. The quantitative estimate of drug-likeness (QED) is 0.827. The smallest absolute Gasteiger partial charge is 0.255 e. The molecule has 0 spiro atoms. The van der Waals surface area contributed by atoms with Crippen molar-refractivity contribution in [2.45, 2.75) is 32.0 Å². The summed E-state index contributed by atoms with van der Waals surface area (Å²) in [4.78, 5) is 12.1. The van der Waals surface area contributed by atoms with Crippen LogP contribution < -0.4 is 5.32 Å². The molecule has 0 radical (unpaired) electrons. The predicted molar refractivity (Wildman–Crippen MR) is 84.9 cm³/mol. The van der Waals surface area contributed by atoms with Crippen molar-refractivity contribution in [3.05, 3.63) is 59.7 Å². The Morgan fingerprint density at radius 3 is 2.36 bits per heavy atom. The van der Waals surface area contributed by atoms with Gasteiger partial charge in [-0.15, -0.1) is 0 Å². The highest BCUT2D eigenvalue weighted by Gasteiger charge is 2.17. The third-order valence-corrected chi connectivity index (χ3v) is 3.88. The number of rotatable bonds is 5. The average Bonchev–Trinajstić information content (AvgIpc) is 2.49. The number of aromatic hydroxyl groups is 1. The lowest BCUT2D eigenvalue weighted by atomic mass is 9.96. The first kappa shape index (κ1) is 14.6. The average molecular weight is 297 g/mol. The fourth-order valence-corrected chi connectivity index (χ4v) is 2.25. The topological polar surface area (TPSA) is 58.6 Å². The van der Waals surface area contributed by atoms with E-state index in [2.05, 4.69) is 5.32 Å². The maximum Gasteiger partial charge on any atom is 0.255 e. The molecule has 0 atom stereocenters. The van der Waals surface area contributed by atoms with Crippen molar-refractivity contribution in [3.63, 3.8) is 0 Å². The van der Waals surface area contributed by atoms with Crippen LogP contribution in [-0.4, -0.2) is 17.1 Å². The van der Waals surface area contributed by atoms with Gasteiger partial charge in [-0.3, -0.25) is 4.79 Å². The standard InChI is InChI=1S/C18H19NO3/c20-16-10-8-15(9-11-16)19-18(21)14-6-4-13(5-7-14)12-22-17-2-1-3-17/h4-11,17,20H,1-3,12H2,(H,19,21). The molecule has 1 fully saturated rings. The molecule has 1 aliphatic rings. The van der Waals surface area contributed by atoms with Crippen LogP contribution in [0.3, 0.4) is 0 Å². The summed E-state index contributed by atoms with van der Waals surface area (Å²) in [5.74, 6) is 0.00552. The van der Waals surface area contributed by atoms with Gasteiger partial charge in [0.25, 0.3) is 5.91 Å². The molecule has 3 rings (SSSR count). The number of phenols is 1. The van der Waals surface area contributed by atoms with Gasteiger partial charge in [-0.25, -0.2) is 0 Å². The highest BCUT2D eigenvalue weighted by molar-refractivity contribution is 6.04. The van der Waals surface area contributed by atoms with E-state index in [0.717, 1.165) is 18.4 Å². The summed E-state index contributed by atoms with van der Waals surface area (Å²) in [5, 5.41) is 12.0. The Labute approximate surface area is 129 Å². The minimum Gasteiger partial charge on any atom is -0.508 e. The molecular formula is C18H19NO3. The molecule has 1 amide bonds. The zero-order valence-corrected chi connectivity index (χ0v) is 12.3. The second kappa shape index (κ2) is 6.62. The van der Waals surface area contributed by atoms with Crippen LogP contribution in [0.25, 0.3) is 0 Å². The second-order valence-electron chi connectivity index (χ2n) is 5.56. The summed E-state index contributed by atoms with van der Waals surface area (Å²) in [6, 6.07) is 13.8. The van der Waals surface area contributed by atoms with Crippen molar-refractivity contribution in [1.29, 1.82) is 0 Å². The summed E-state index contributed by atoms with van der Waals surface area (Å²) < 4.78 is 5.75. The number of carbonyl (C=O) groups excluding carboxylic acids is 1. The number of hydrogen-bond acceptors (Lipinski definition) is 3. The van der Waals surface area contributed by atoms with Crippen LogP contribution in [-0.2, 0) is 11.3 Å². The van der Waals surface area contributed by atoms with Crippen LogP contribution >= 0.6 is 0 Å². The Kier molecular flexibility index (Phi) is 4.39. The van der Waals surface area contributed by atoms with Crippen molar-refractivity contribution >= 4 is 11.6 Å². The van der Waals surface area contributed by atoms with Crippen molar-refractivity contribution in [2.75, 3.05) is 5.32 Å². The van der Waals surface area contributed by atoms with Crippen LogP contribution in [0.4, 0.5) is 5.69 Å². The number of amides is 1. The Balaban J connectivity index is 1.56. The van der Waals surface area contributed by atoms with E-state index in [4.69, 9.17) is 4.74 Å². The van der Waals surface area contributed by atoms with E-state index in [9.17, 15) is 9.90 Å². The fraction of sp³-hybridized carbons (Fsp3) is 0.278. The minimum absolute atomic E-state index is 0.169. The molecule has 22 heavy (non-hydrogen) atoms. The van der Waals surface area contributed by atoms with E-state index in [1.165, 1.54) is 18.6 Å². The van der Waals surface area contributed by atoms with Gasteiger partial charge < -0.3 is 15.2 Å². The molecule has 114 valence electrons. The summed E-state index contributed by atoms with van der Waals surface area (Å²) in [6.45, 7) is 0.602.